The molecule has 3 aromatic rings. The van der Waals surface area contributed by atoms with E-state index in [1.807, 2.05) is 0 Å². The molecule has 0 aliphatic heterocycles. The maximum Gasteiger partial charge on any atom is 0.418 e. The molecular weight excluding hydrogens is 361 g/mol. The first-order chi connectivity index (χ1) is 12.7. The number of nitrogens with one attached hydrogen (secondary N) is 1. The number of rotatable bonds is 3. The van der Waals surface area contributed by atoms with Gasteiger partial charge >= 0.3 is 6.18 Å². The van der Waals surface area contributed by atoms with Gasteiger partial charge in [0.25, 0.3) is 5.91 Å². The number of amides is 1. The summed E-state index contributed by atoms with van der Waals surface area (Å²) in [4.78, 5) is 24.5. The van der Waals surface area contributed by atoms with Gasteiger partial charge in [-0.3, -0.25) is 14.2 Å². The molecule has 1 amide bonds. The minimum absolute atomic E-state index is 0.0658. The van der Waals surface area contributed by atoms with Crippen molar-refractivity contribution in [2.45, 2.75) is 13.1 Å². The van der Waals surface area contributed by atoms with Gasteiger partial charge in [0.1, 0.15) is 5.75 Å². The summed E-state index contributed by atoms with van der Waals surface area (Å²) in [5.41, 5.74) is -0.790. The molecule has 0 aliphatic rings. The summed E-state index contributed by atoms with van der Waals surface area (Å²) in [5.74, 6) is -0.640. The summed E-state index contributed by atoms with van der Waals surface area (Å²) < 4.78 is 45.8. The van der Waals surface area contributed by atoms with Crippen molar-refractivity contribution in [3.05, 3.63) is 59.8 Å². The molecule has 0 saturated carbocycles. The zero-order valence-electron chi connectivity index (χ0n) is 14.4. The SMILES string of the molecule is COc1ccc2c(c1)c(C(=O)Nc1ccccc1C(F)(F)F)cn2C(C)=O. The van der Waals surface area contributed by atoms with Crippen molar-refractivity contribution in [1.82, 2.24) is 4.57 Å². The minimum atomic E-state index is -4.61. The molecule has 5 nitrogen and oxygen atoms in total. The Labute approximate surface area is 152 Å². The summed E-state index contributed by atoms with van der Waals surface area (Å²) in [6.45, 7) is 1.32. The molecule has 0 unspecified atom stereocenters. The third kappa shape index (κ3) is 3.51. The quantitative estimate of drug-likeness (QED) is 0.728. The van der Waals surface area contributed by atoms with Crippen LogP contribution in [0.25, 0.3) is 10.9 Å². The number of halogens is 3. The first kappa shape index (κ1) is 18.5. The molecule has 0 spiro atoms. The Bertz CT molecular complexity index is 1040. The van der Waals surface area contributed by atoms with E-state index in [0.29, 0.717) is 16.7 Å². The zero-order valence-corrected chi connectivity index (χ0v) is 14.4. The van der Waals surface area contributed by atoms with E-state index >= 15 is 0 Å². The van der Waals surface area contributed by atoms with Crippen LogP contribution < -0.4 is 10.1 Å². The fourth-order valence-corrected chi connectivity index (χ4v) is 2.81. The molecule has 1 heterocycles. The first-order valence-electron chi connectivity index (χ1n) is 7.90. The second-order valence-electron chi connectivity index (χ2n) is 5.81. The average Bonchev–Trinajstić information content (AvgIpc) is 3.00. The molecule has 1 aromatic heterocycles. The molecule has 0 radical (unpaired) electrons. The van der Waals surface area contributed by atoms with Crippen molar-refractivity contribution in [2.75, 3.05) is 12.4 Å². The molecule has 0 fully saturated rings. The third-order valence-corrected chi connectivity index (χ3v) is 4.08. The van der Waals surface area contributed by atoms with E-state index in [0.717, 1.165) is 6.07 Å². The fraction of sp³-hybridized carbons (Fsp3) is 0.158. The summed E-state index contributed by atoms with van der Waals surface area (Å²) in [7, 11) is 1.45. The van der Waals surface area contributed by atoms with E-state index < -0.39 is 17.6 Å². The predicted molar refractivity (Wildman–Crippen MR) is 94.2 cm³/mol. The van der Waals surface area contributed by atoms with E-state index in [4.69, 9.17) is 4.74 Å². The maximum absolute atomic E-state index is 13.1. The van der Waals surface area contributed by atoms with Gasteiger partial charge in [0.15, 0.2) is 0 Å². The van der Waals surface area contributed by atoms with Gasteiger partial charge in [0.2, 0.25) is 5.91 Å². The largest absolute Gasteiger partial charge is 0.497 e. The number of alkyl halides is 3. The molecule has 3 rings (SSSR count). The van der Waals surface area contributed by atoms with E-state index in [1.54, 1.807) is 18.2 Å². The van der Waals surface area contributed by atoms with Crippen LogP contribution in [0.1, 0.15) is 27.6 Å². The number of nitrogens with zero attached hydrogens (tertiary/aromatic N) is 1. The maximum atomic E-state index is 13.1. The van der Waals surface area contributed by atoms with Gasteiger partial charge in [-0.25, -0.2) is 0 Å². The highest BCUT2D eigenvalue weighted by Crippen LogP contribution is 2.35. The van der Waals surface area contributed by atoms with Gasteiger partial charge in [-0.05, 0) is 30.3 Å². The number of aromatic nitrogens is 1. The molecule has 8 heteroatoms. The van der Waals surface area contributed by atoms with Gasteiger partial charge in [0, 0.05) is 18.5 Å². The Morgan fingerprint density at radius 3 is 2.44 bits per heavy atom. The molecule has 0 saturated heterocycles. The second kappa shape index (κ2) is 6.79. The number of carbonyl (C=O) groups excluding carboxylic acids is 2. The number of ether oxygens (including phenoxy) is 1. The summed E-state index contributed by atoms with van der Waals surface area (Å²) in [6.07, 6.45) is -3.31. The summed E-state index contributed by atoms with van der Waals surface area (Å²) in [6, 6.07) is 9.48. The number of hydrogen-bond donors (Lipinski definition) is 1. The summed E-state index contributed by atoms with van der Waals surface area (Å²) in [5, 5.41) is 2.69. The first-order valence-corrected chi connectivity index (χ1v) is 7.90. The molecular formula is C19H15F3N2O3. The van der Waals surface area contributed by atoms with Crippen LogP contribution in [0.5, 0.6) is 5.75 Å². The predicted octanol–water partition coefficient (Wildman–Crippen LogP) is 4.58. The highest BCUT2D eigenvalue weighted by Gasteiger charge is 2.33. The Morgan fingerprint density at radius 2 is 1.81 bits per heavy atom. The van der Waals surface area contributed by atoms with Gasteiger partial charge < -0.3 is 10.1 Å². The van der Waals surface area contributed by atoms with E-state index in [-0.39, 0.29) is 17.2 Å². The van der Waals surface area contributed by atoms with Crippen LogP contribution in [0.4, 0.5) is 18.9 Å². The smallest absolute Gasteiger partial charge is 0.418 e. The van der Waals surface area contributed by atoms with Gasteiger partial charge in [0.05, 0.1) is 29.4 Å². The Balaban J connectivity index is 2.08. The monoisotopic (exact) mass is 376 g/mol. The fourth-order valence-electron chi connectivity index (χ4n) is 2.81. The standard InChI is InChI=1S/C19H15F3N2O3/c1-11(25)24-10-14(13-9-12(27-2)7-8-17(13)24)18(26)23-16-6-4-3-5-15(16)19(20,21)22/h3-10H,1-2H3,(H,23,26). The van der Waals surface area contributed by atoms with Crippen molar-refractivity contribution in [3.63, 3.8) is 0 Å². The van der Waals surface area contributed by atoms with E-state index in [1.165, 1.54) is 43.0 Å². The zero-order chi connectivity index (χ0) is 19.8. The van der Waals surface area contributed by atoms with Crippen LogP contribution in [0.15, 0.2) is 48.7 Å². The molecule has 0 bridgehead atoms. The number of anilines is 1. The lowest BCUT2D eigenvalue weighted by atomic mass is 10.1. The van der Waals surface area contributed by atoms with Crippen molar-refractivity contribution >= 4 is 28.4 Å². The van der Waals surface area contributed by atoms with Crippen LogP contribution in [0.2, 0.25) is 0 Å². The van der Waals surface area contributed by atoms with Crippen LogP contribution >= 0.6 is 0 Å². The summed E-state index contributed by atoms with van der Waals surface area (Å²) >= 11 is 0. The van der Waals surface area contributed by atoms with Crippen LogP contribution in [-0.2, 0) is 6.18 Å². The van der Waals surface area contributed by atoms with Crippen LogP contribution in [0, 0.1) is 0 Å². The normalized spacial score (nSPS) is 11.4. The topological polar surface area (TPSA) is 60.3 Å². The number of hydrogen-bond acceptors (Lipinski definition) is 3. The lowest BCUT2D eigenvalue weighted by Crippen LogP contribution is -2.16. The Morgan fingerprint density at radius 1 is 1.11 bits per heavy atom. The number of fused-ring (bicyclic) bond motifs is 1. The van der Waals surface area contributed by atoms with Crippen molar-refractivity contribution in [1.29, 1.82) is 0 Å². The average molecular weight is 376 g/mol. The van der Waals surface area contributed by atoms with Crippen molar-refractivity contribution < 1.29 is 27.5 Å². The van der Waals surface area contributed by atoms with E-state index in [9.17, 15) is 22.8 Å². The lowest BCUT2D eigenvalue weighted by Gasteiger charge is -2.13. The minimum Gasteiger partial charge on any atom is -0.497 e. The number of methoxy groups -OCH3 is 1. The molecule has 0 aliphatic carbocycles. The molecule has 0 atom stereocenters. The highest BCUT2D eigenvalue weighted by atomic mass is 19.4. The van der Waals surface area contributed by atoms with Gasteiger partial charge in [-0.15, -0.1) is 0 Å². The molecule has 27 heavy (non-hydrogen) atoms. The molecule has 2 aromatic carbocycles. The Hall–Kier alpha value is -3.29. The van der Waals surface area contributed by atoms with Crippen molar-refractivity contribution in [3.8, 4) is 5.75 Å². The van der Waals surface area contributed by atoms with E-state index in [2.05, 4.69) is 5.32 Å². The van der Waals surface area contributed by atoms with Crippen LogP contribution in [0.3, 0.4) is 0 Å². The molecule has 140 valence electrons. The number of para-hydroxylation sites is 1. The van der Waals surface area contributed by atoms with Crippen LogP contribution in [-0.4, -0.2) is 23.5 Å². The Kier molecular flexibility index (Phi) is 4.65. The third-order valence-electron chi connectivity index (χ3n) is 4.08. The lowest BCUT2D eigenvalue weighted by molar-refractivity contribution is -0.136. The molecule has 1 N–H and O–H groups in total. The number of benzene rings is 2. The number of carbonyl (C=O) groups is 2. The van der Waals surface area contributed by atoms with Crippen molar-refractivity contribution in [2.24, 2.45) is 0 Å². The highest BCUT2D eigenvalue weighted by molar-refractivity contribution is 6.14. The van der Waals surface area contributed by atoms with Gasteiger partial charge in [-0.2, -0.15) is 13.2 Å². The van der Waals surface area contributed by atoms with Gasteiger partial charge in [-0.1, -0.05) is 12.1 Å². The second-order valence-corrected chi connectivity index (χ2v) is 5.81.